The highest BCUT2D eigenvalue weighted by molar-refractivity contribution is 5.91. The highest BCUT2D eigenvalue weighted by Gasteiger charge is 2.18. The minimum absolute atomic E-state index is 0.000228. The van der Waals surface area contributed by atoms with E-state index in [4.69, 9.17) is 4.74 Å². The molecule has 0 aliphatic carbocycles. The molecule has 1 aromatic carbocycles. The number of rotatable bonds is 3. The van der Waals surface area contributed by atoms with Crippen molar-refractivity contribution in [2.45, 2.75) is 32.2 Å². The van der Waals surface area contributed by atoms with Crippen molar-refractivity contribution < 1.29 is 14.3 Å². The zero-order chi connectivity index (χ0) is 15.2. The van der Waals surface area contributed by atoms with Gasteiger partial charge in [0.1, 0.15) is 5.75 Å². The highest BCUT2D eigenvalue weighted by atomic mass is 16.5. The molecule has 1 saturated heterocycles. The minimum Gasteiger partial charge on any atom is -0.495 e. The molecular formula is C15H21N3O3. The standard InChI is InChI=1S/C15H21N3O3/c1-10-3-5-13(21-2)12(9-10)18-15(20)17-11-4-6-14(19)16-8-7-11/h3,5,9,11H,4,6-8H2,1-2H3,(H,16,19)(H2,17,18,20). The van der Waals surface area contributed by atoms with Gasteiger partial charge in [0.2, 0.25) is 5.91 Å². The van der Waals surface area contributed by atoms with Crippen LogP contribution in [0.2, 0.25) is 0 Å². The Hall–Kier alpha value is -2.24. The number of anilines is 1. The molecule has 0 aromatic heterocycles. The maximum absolute atomic E-state index is 12.1. The molecular weight excluding hydrogens is 270 g/mol. The Morgan fingerprint density at radius 1 is 1.38 bits per heavy atom. The number of hydrogen-bond donors (Lipinski definition) is 3. The largest absolute Gasteiger partial charge is 0.495 e. The zero-order valence-electron chi connectivity index (χ0n) is 12.4. The molecule has 21 heavy (non-hydrogen) atoms. The van der Waals surface area contributed by atoms with E-state index in [1.165, 1.54) is 0 Å². The summed E-state index contributed by atoms with van der Waals surface area (Å²) in [7, 11) is 1.57. The van der Waals surface area contributed by atoms with Gasteiger partial charge in [0.05, 0.1) is 12.8 Å². The molecule has 3 N–H and O–H groups in total. The predicted molar refractivity (Wildman–Crippen MR) is 80.5 cm³/mol. The molecule has 114 valence electrons. The number of carbonyl (C=O) groups is 2. The predicted octanol–water partition coefficient (Wildman–Crippen LogP) is 1.79. The van der Waals surface area contributed by atoms with E-state index in [1.54, 1.807) is 7.11 Å². The van der Waals surface area contributed by atoms with Gasteiger partial charge in [0.25, 0.3) is 0 Å². The average molecular weight is 291 g/mol. The van der Waals surface area contributed by atoms with Gasteiger partial charge in [-0.2, -0.15) is 0 Å². The number of benzene rings is 1. The summed E-state index contributed by atoms with van der Waals surface area (Å²) in [6.45, 7) is 2.54. The van der Waals surface area contributed by atoms with Gasteiger partial charge >= 0.3 is 6.03 Å². The fraction of sp³-hybridized carbons (Fsp3) is 0.467. The van der Waals surface area contributed by atoms with Gasteiger partial charge in [-0.05, 0) is 37.5 Å². The number of carbonyl (C=O) groups excluding carboxylic acids is 2. The third kappa shape index (κ3) is 4.37. The summed E-state index contributed by atoms with van der Waals surface area (Å²) in [6.07, 6.45) is 1.84. The van der Waals surface area contributed by atoms with Crippen LogP contribution in [0.15, 0.2) is 18.2 Å². The Morgan fingerprint density at radius 2 is 2.19 bits per heavy atom. The summed E-state index contributed by atoms with van der Waals surface area (Å²) in [6, 6.07) is 5.32. The second kappa shape index (κ2) is 6.97. The molecule has 1 heterocycles. The molecule has 6 heteroatoms. The van der Waals surface area contributed by atoms with Crippen molar-refractivity contribution in [1.29, 1.82) is 0 Å². The molecule has 6 nitrogen and oxygen atoms in total. The molecule has 0 radical (unpaired) electrons. The fourth-order valence-electron chi connectivity index (χ4n) is 2.33. The average Bonchev–Trinajstić information content (AvgIpc) is 2.64. The quantitative estimate of drug-likeness (QED) is 0.794. The van der Waals surface area contributed by atoms with Gasteiger partial charge in [-0.25, -0.2) is 4.79 Å². The zero-order valence-corrected chi connectivity index (χ0v) is 12.4. The van der Waals surface area contributed by atoms with E-state index < -0.39 is 0 Å². The molecule has 3 amide bonds. The van der Waals surface area contributed by atoms with E-state index in [1.807, 2.05) is 25.1 Å². The summed E-state index contributed by atoms with van der Waals surface area (Å²) < 4.78 is 5.23. The van der Waals surface area contributed by atoms with Crippen LogP contribution >= 0.6 is 0 Å². The Kier molecular flexibility index (Phi) is 5.03. The topological polar surface area (TPSA) is 79.5 Å². The van der Waals surface area contributed by atoms with Crippen LogP contribution in [0.1, 0.15) is 24.8 Å². The molecule has 2 rings (SSSR count). The third-order valence-electron chi connectivity index (χ3n) is 3.47. The summed E-state index contributed by atoms with van der Waals surface area (Å²) in [4.78, 5) is 23.3. The van der Waals surface area contributed by atoms with Crippen molar-refractivity contribution in [2.75, 3.05) is 19.0 Å². The molecule has 1 aromatic rings. The number of methoxy groups -OCH3 is 1. The van der Waals surface area contributed by atoms with Gasteiger partial charge in [-0.3, -0.25) is 4.79 Å². The summed E-state index contributed by atoms with van der Waals surface area (Å²) in [5.41, 5.74) is 1.67. The van der Waals surface area contributed by atoms with Gasteiger partial charge < -0.3 is 20.7 Å². The summed E-state index contributed by atoms with van der Waals surface area (Å²) >= 11 is 0. The van der Waals surface area contributed by atoms with Crippen molar-refractivity contribution in [2.24, 2.45) is 0 Å². The normalized spacial score (nSPS) is 18.4. The van der Waals surface area contributed by atoms with Gasteiger partial charge in [-0.1, -0.05) is 6.07 Å². The second-order valence-electron chi connectivity index (χ2n) is 5.18. The molecule has 0 bridgehead atoms. The van der Waals surface area contributed by atoms with Gasteiger partial charge in [0.15, 0.2) is 0 Å². The van der Waals surface area contributed by atoms with E-state index in [0.717, 1.165) is 12.0 Å². The number of ether oxygens (including phenoxy) is 1. The van der Waals surface area contributed by atoms with Crippen LogP contribution in [0.4, 0.5) is 10.5 Å². The summed E-state index contributed by atoms with van der Waals surface area (Å²) in [5, 5.41) is 8.49. The van der Waals surface area contributed by atoms with Crippen molar-refractivity contribution >= 4 is 17.6 Å². The van der Waals surface area contributed by atoms with Gasteiger partial charge in [-0.15, -0.1) is 0 Å². The first-order valence-electron chi connectivity index (χ1n) is 7.07. The molecule has 1 atom stereocenters. The molecule has 0 saturated carbocycles. The van der Waals surface area contributed by atoms with E-state index in [9.17, 15) is 9.59 Å². The summed E-state index contributed by atoms with van der Waals surface area (Å²) in [5.74, 6) is 0.661. The van der Waals surface area contributed by atoms with Crippen LogP contribution in [-0.4, -0.2) is 31.6 Å². The van der Waals surface area contributed by atoms with E-state index in [2.05, 4.69) is 16.0 Å². The molecule has 1 unspecified atom stereocenters. The van der Waals surface area contributed by atoms with E-state index >= 15 is 0 Å². The van der Waals surface area contributed by atoms with Crippen LogP contribution in [0.3, 0.4) is 0 Å². The number of amides is 3. The monoisotopic (exact) mass is 291 g/mol. The Morgan fingerprint density at radius 3 is 2.95 bits per heavy atom. The lowest BCUT2D eigenvalue weighted by atomic mass is 10.1. The number of hydrogen-bond acceptors (Lipinski definition) is 3. The van der Waals surface area contributed by atoms with E-state index in [-0.39, 0.29) is 18.0 Å². The first-order valence-corrected chi connectivity index (χ1v) is 7.07. The molecule has 0 spiro atoms. The van der Waals surface area contributed by atoms with Crippen LogP contribution in [0.5, 0.6) is 5.75 Å². The van der Waals surface area contributed by atoms with Crippen LogP contribution < -0.4 is 20.7 Å². The van der Waals surface area contributed by atoms with E-state index in [0.29, 0.717) is 30.8 Å². The maximum atomic E-state index is 12.1. The molecule has 1 aliphatic rings. The van der Waals surface area contributed by atoms with Crippen molar-refractivity contribution in [3.63, 3.8) is 0 Å². The van der Waals surface area contributed by atoms with Crippen molar-refractivity contribution in [3.05, 3.63) is 23.8 Å². The lowest BCUT2D eigenvalue weighted by molar-refractivity contribution is -0.120. The van der Waals surface area contributed by atoms with Crippen molar-refractivity contribution in [3.8, 4) is 5.75 Å². The Balaban J connectivity index is 1.95. The van der Waals surface area contributed by atoms with Gasteiger partial charge in [0, 0.05) is 19.0 Å². The lowest BCUT2D eigenvalue weighted by Gasteiger charge is -2.17. The first kappa shape index (κ1) is 15.2. The van der Waals surface area contributed by atoms with Crippen LogP contribution in [0.25, 0.3) is 0 Å². The minimum atomic E-state index is -0.279. The Labute approximate surface area is 124 Å². The fourth-order valence-corrected chi connectivity index (χ4v) is 2.33. The SMILES string of the molecule is COc1ccc(C)cc1NC(=O)NC1CCNC(=O)CC1. The molecule has 1 aliphatic heterocycles. The first-order chi connectivity index (χ1) is 10.1. The second-order valence-corrected chi connectivity index (χ2v) is 5.18. The Bertz CT molecular complexity index is 531. The van der Waals surface area contributed by atoms with Crippen molar-refractivity contribution in [1.82, 2.24) is 10.6 Å². The van der Waals surface area contributed by atoms with Crippen LogP contribution in [-0.2, 0) is 4.79 Å². The number of nitrogens with one attached hydrogen (secondary N) is 3. The molecule has 1 fully saturated rings. The maximum Gasteiger partial charge on any atom is 0.319 e. The smallest absolute Gasteiger partial charge is 0.319 e. The highest BCUT2D eigenvalue weighted by Crippen LogP contribution is 2.25. The number of aryl methyl sites for hydroxylation is 1. The van der Waals surface area contributed by atoms with Crippen LogP contribution in [0, 0.1) is 6.92 Å². The third-order valence-corrected chi connectivity index (χ3v) is 3.47. The lowest BCUT2D eigenvalue weighted by Crippen LogP contribution is -2.38. The number of urea groups is 1.